The minimum Gasteiger partial charge on any atom is -0.496 e. The number of ether oxygens (including phenoxy) is 1. The highest BCUT2D eigenvalue weighted by Gasteiger charge is 2.35. The highest BCUT2D eigenvalue weighted by Crippen LogP contribution is 2.39. The molecule has 3 N–H and O–H groups in total. The van der Waals surface area contributed by atoms with Crippen molar-refractivity contribution in [3.8, 4) is 5.75 Å². The number of rotatable bonds is 6. The quantitative estimate of drug-likeness (QED) is 0.541. The zero-order valence-electron chi connectivity index (χ0n) is 16.4. The van der Waals surface area contributed by atoms with Gasteiger partial charge in [-0.3, -0.25) is 0 Å². The molecule has 7 heteroatoms. The molecule has 0 amide bonds. The Bertz CT molecular complexity index is 1100. The number of H-pyrrole nitrogens is 1. The van der Waals surface area contributed by atoms with Gasteiger partial charge in [0.05, 0.1) is 12.7 Å². The molecule has 0 unspecified atom stereocenters. The van der Waals surface area contributed by atoms with Crippen LogP contribution in [0.25, 0.3) is 16.5 Å². The maximum absolute atomic E-state index is 13.3. The third kappa shape index (κ3) is 4.15. The summed E-state index contributed by atoms with van der Waals surface area (Å²) < 4.78 is 45.0. The van der Waals surface area contributed by atoms with Crippen LogP contribution in [-0.2, 0) is 12.6 Å². The average molecular weight is 413 g/mol. The average Bonchev–Trinajstić information content (AvgIpc) is 3.16. The van der Waals surface area contributed by atoms with E-state index in [1.807, 2.05) is 36.5 Å². The van der Waals surface area contributed by atoms with E-state index in [-0.39, 0.29) is 5.75 Å². The van der Waals surface area contributed by atoms with Gasteiger partial charge in [0.1, 0.15) is 5.75 Å². The van der Waals surface area contributed by atoms with Crippen LogP contribution >= 0.6 is 0 Å². The van der Waals surface area contributed by atoms with Crippen LogP contribution < -0.4 is 15.4 Å². The first-order chi connectivity index (χ1) is 14.5. The Morgan fingerprint density at radius 3 is 2.63 bits per heavy atom. The summed E-state index contributed by atoms with van der Waals surface area (Å²) in [4.78, 5) is 3.14. The molecule has 2 aromatic carbocycles. The second kappa shape index (κ2) is 8.18. The van der Waals surface area contributed by atoms with Crippen molar-refractivity contribution in [2.24, 2.45) is 0 Å². The van der Waals surface area contributed by atoms with Crippen molar-refractivity contribution >= 4 is 16.5 Å². The lowest BCUT2D eigenvalue weighted by Gasteiger charge is -2.18. The van der Waals surface area contributed by atoms with Gasteiger partial charge in [-0.2, -0.15) is 13.2 Å². The van der Waals surface area contributed by atoms with E-state index in [0.29, 0.717) is 17.4 Å². The fraction of sp³-hybridized carbons (Fsp3) is 0.217. The molecule has 0 radical (unpaired) electrons. The standard InChI is InChI=1S/C23H22F3N3O/c1-30-22-12-16-11-21(29-20(16)13-18(22)23(24,25)26)17-14-27-9-8-19(17)28-10-7-15-5-3-2-4-6-15/h2-6,8-9,11-13,27-29H,7,10,14H2,1H3. The maximum Gasteiger partial charge on any atom is 0.420 e. The predicted octanol–water partition coefficient (Wildman–Crippen LogP) is 4.86. The first-order valence-corrected chi connectivity index (χ1v) is 9.65. The molecule has 30 heavy (non-hydrogen) atoms. The van der Waals surface area contributed by atoms with Crippen molar-refractivity contribution in [2.45, 2.75) is 12.6 Å². The van der Waals surface area contributed by atoms with E-state index in [1.54, 1.807) is 0 Å². The number of nitrogens with one attached hydrogen (secondary N) is 3. The molecular formula is C23H22F3N3O. The van der Waals surface area contributed by atoms with E-state index in [0.717, 1.165) is 36.0 Å². The van der Waals surface area contributed by atoms with Crippen molar-refractivity contribution in [1.82, 2.24) is 15.6 Å². The van der Waals surface area contributed by atoms with Gasteiger partial charge in [-0.05, 0) is 42.5 Å². The molecule has 0 bridgehead atoms. The Hall–Kier alpha value is -3.35. The molecule has 1 aliphatic rings. The number of methoxy groups -OCH3 is 1. The fourth-order valence-corrected chi connectivity index (χ4v) is 3.60. The lowest BCUT2D eigenvalue weighted by atomic mass is 10.1. The summed E-state index contributed by atoms with van der Waals surface area (Å²) in [6, 6.07) is 14.6. The first-order valence-electron chi connectivity index (χ1n) is 9.65. The van der Waals surface area contributed by atoms with Gasteiger partial charge in [-0.15, -0.1) is 0 Å². The van der Waals surface area contributed by atoms with Crippen LogP contribution in [0.4, 0.5) is 13.2 Å². The van der Waals surface area contributed by atoms with Gasteiger partial charge in [0.25, 0.3) is 0 Å². The molecule has 3 aromatic rings. The van der Waals surface area contributed by atoms with Crippen molar-refractivity contribution in [3.05, 3.63) is 83.3 Å². The van der Waals surface area contributed by atoms with Crippen molar-refractivity contribution in [2.75, 3.05) is 20.2 Å². The summed E-state index contributed by atoms with van der Waals surface area (Å²) in [5.74, 6) is -0.183. The number of allylic oxidation sites excluding steroid dienone is 1. The van der Waals surface area contributed by atoms with Gasteiger partial charge in [-0.1, -0.05) is 30.3 Å². The molecule has 1 aromatic heterocycles. The largest absolute Gasteiger partial charge is 0.496 e. The molecule has 4 rings (SSSR count). The maximum atomic E-state index is 13.3. The number of aromatic amines is 1. The number of hydrogen-bond donors (Lipinski definition) is 3. The van der Waals surface area contributed by atoms with E-state index in [1.165, 1.54) is 18.7 Å². The van der Waals surface area contributed by atoms with Gasteiger partial charge in [-0.25, -0.2) is 0 Å². The first kappa shape index (κ1) is 19.9. The van der Waals surface area contributed by atoms with Crippen LogP contribution in [0.5, 0.6) is 5.75 Å². The normalized spacial score (nSPS) is 14.1. The Labute approximate surface area is 172 Å². The van der Waals surface area contributed by atoms with E-state index in [4.69, 9.17) is 4.74 Å². The van der Waals surface area contributed by atoms with Crippen LogP contribution in [0, 0.1) is 0 Å². The second-order valence-corrected chi connectivity index (χ2v) is 7.09. The van der Waals surface area contributed by atoms with Gasteiger partial charge in [0, 0.05) is 41.0 Å². The molecule has 0 saturated carbocycles. The summed E-state index contributed by atoms with van der Waals surface area (Å²) in [6.45, 7) is 1.32. The molecular weight excluding hydrogens is 391 g/mol. The Morgan fingerprint density at radius 1 is 1.10 bits per heavy atom. The summed E-state index contributed by atoms with van der Waals surface area (Å²) in [7, 11) is 1.25. The minimum absolute atomic E-state index is 0.183. The van der Waals surface area contributed by atoms with E-state index in [2.05, 4.69) is 27.8 Å². The van der Waals surface area contributed by atoms with Crippen molar-refractivity contribution < 1.29 is 17.9 Å². The summed E-state index contributed by atoms with van der Waals surface area (Å²) in [5.41, 5.74) is 3.55. The molecule has 156 valence electrons. The molecule has 4 nitrogen and oxygen atoms in total. The van der Waals surface area contributed by atoms with Gasteiger partial charge >= 0.3 is 6.18 Å². The molecule has 2 heterocycles. The van der Waals surface area contributed by atoms with Crippen LogP contribution in [0.15, 0.2) is 66.5 Å². The number of benzene rings is 2. The highest BCUT2D eigenvalue weighted by atomic mass is 19.4. The molecule has 0 aliphatic carbocycles. The number of halogens is 3. The lowest BCUT2D eigenvalue weighted by molar-refractivity contribution is -0.138. The van der Waals surface area contributed by atoms with Crippen molar-refractivity contribution in [1.29, 1.82) is 0 Å². The third-order valence-electron chi connectivity index (χ3n) is 5.12. The number of dihydropyridines is 1. The molecule has 0 atom stereocenters. The third-order valence-corrected chi connectivity index (χ3v) is 5.12. The molecule has 1 aliphatic heterocycles. The minimum atomic E-state index is -4.48. The summed E-state index contributed by atoms with van der Waals surface area (Å²) in [5, 5.41) is 7.29. The zero-order chi connectivity index (χ0) is 21.1. The number of alkyl halides is 3. The summed E-state index contributed by atoms with van der Waals surface area (Å²) >= 11 is 0. The second-order valence-electron chi connectivity index (χ2n) is 7.09. The molecule has 0 spiro atoms. The monoisotopic (exact) mass is 413 g/mol. The van der Waals surface area contributed by atoms with E-state index in [9.17, 15) is 13.2 Å². The van der Waals surface area contributed by atoms with Crippen LogP contribution in [0.1, 0.15) is 16.8 Å². The Balaban J connectivity index is 1.63. The van der Waals surface area contributed by atoms with Crippen LogP contribution in [0.2, 0.25) is 0 Å². The lowest BCUT2D eigenvalue weighted by Crippen LogP contribution is -2.24. The highest BCUT2D eigenvalue weighted by molar-refractivity contribution is 5.88. The van der Waals surface area contributed by atoms with Gasteiger partial charge in [0.2, 0.25) is 0 Å². The summed E-state index contributed by atoms with van der Waals surface area (Å²) in [6.07, 6.45) is 0.194. The van der Waals surface area contributed by atoms with E-state index < -0.39 is 11.7 Å². The van der Waals surface area contributed by atoms with Crippen LogP contribution in [-0.4, -0.2) is 25.2 Å². The van der Waals surface area contributed by atoms with Gasteiger partial charge < -0.3 is 20.4 Å². The number of aromatic nitrogens is 1. The SMILES string of the molecule is COc1cc2cc(C3=C(NCCc4ccccc4)C=CNC3)[nH]c2cc1C(F)(F)F. The Kier molecular flexibility index (Phi) is 5.44. The Morgan fingerprint density at radius 2 is 1.90 bits per heavy atom. The molecule has 0 saturated heterocycles. The van der Waals surface area contributed by atoms with E-state index >= 15 is 0 Å². The number of fused-ring (bicyclic) bond motifs is 1. The van der Waals surface area contributed by atoms with Gasteiger partial charge in [0.15, 0.2) is 0 Å². The number of hydrogen-bond acceptors (Lipinski definition) is 3. The van der Waals surface area contributed by atoms with Crippen molar-refractivity contribution in [3.63, 3.8) is 0 Å². The van der Waals surface area contributed by atoms with Crippen LogP contribution in [0.3, 0.4) is 0 Å². The fourth-order valence-electron chi connectivity index (χ4n) is 3.60. The smallest absolute Gasteiger partial charge is 0.420 e. The molecule has 0 fully saturated rings. The zero-order valence-corrected chi connectivity index (χ0v) is 16.4. The predicted molar refractivity (Wildman–Crippen MR) is 112 cm³/mol. The topological polar surface area (TPSA) is 49.1 Å².